The van der Waals surface area contributed by atoms with Crippen LogP contribution in [0.4, 0.5) is 0 Å². The van der Waals surface area contributed by atoms with Gasteiger partial charge in [0.15, 0.2) is 12.2 Å². The summed E-state index contributed by atoms with van der Waals surface area (Å²) in [4.78, 5) is 24.7. The Hall–Kier alpha value is -1.14. The first-order valence-electron chi connectivity index (χ1n) is 7.61. The lowest BCUT2D eigenvalue weighted by molar-refractivity contribution is -0.201. The Bertz CT molecular complexity index is 597. The van der Waals surface area contributed by atoms with E-state index in [0.29, 0.717) is 6.42 Å². The van der Waals surface area contributed by atoms with Gasteiger partial charge in [-0.25, -0.2) is 4.79 Å². The number of aliphatic hydroxyl groups is 1. The Morgan fingerprint density at radius 1 is 1.24 bits per heavy atom. The van der Waals surface area contributed by atoms with Crippen molar-refractivity contribution in [1.82, 2.24) is 0 Å². The first-order valence-corrected chi connectivity index (χ1v) is 7.61. The topological polar surface area (TPSA) is 85.4 Å². The second kappa shape index (κ2) is 2.99. The minimum Gasteiger partial charge on any atom is -0.455 e. The summed E-state index contributed by atoms with van der Waals surface area (Å²) >= 11 is 0. The zero-order chi connectivity index (χ0) is 14.9. The molecule has 6 heteroatoms. The molecule has 1 N–H and O–H groups in total. The van der Waals surface area contributed by atoms with Crippen LogP contribution < -0.4 is 0 Å². The number of rotatable bonds is 1. The van der Waals surface area contributed by atoms with Crippen molar-refractivity contribution < 1.29 is 28.9 Å². The summed E-state index contributed by atoms with van der Waals surface area (Å²) in [5, 5.41) is 11.2. The van der Waals surface area contributed by atoms with Crippen LogP contribution in [0, 0.1) is 23.2 Å². The van der Waals surface area contributed by atoms with Crippen LogP contribution in [-0.2, 0) is 23.8 Å². The molecule has 5 rings (SSSR count). The van der Waals surface area contributed by atoms with Gasteiger partial charge in [-0.05, 0) is 18.3 Å². The second-order valence-corrected chi connectivity index (χ2v) is 7.67. The molecular formula is C15H18O6. The van der Waals surface area contributed by atoms with Crippen molar-refractivity contribution in [3.8, 4) is 0 Å². The largest absolute Gasteiger partial charge is 0.455 e. The molecule has 3 saturated heterocycles. The maximum absolute atomic E-state index is 12.4. The number of ether oxygens (including phenoxy) is 3. The molecule has 8 atom stereocenters. The Kier molecular flexibility index (Phi) is 1.77. The lowest BCUT2D eigenvalue weighted by Crippen LogP contribution is -2.66. The Labute approximate surface area is 121 Å². The van der Waals surface area contributed by atoms with Crippen LogP contribution in [0.2, 0.25) is 0 Å². The predicted molar refractivity (Wildman–Crippen MR) is 66.9 cm³/mol. The molecule has 21 heavy (non-hydrogen) atoms. The fraction of sp³-hybridized carbons (Fsp3) is 0.867. The summed E-state index contributed by atoms with van der Waals surface area (Å²) < 4.78 is 16.7. The van der Waals surface area contributed by atoms with Crippen LogP contribution in [0.1, 0.15) is 27.2 Å². The number of carbonyl (C=O) groups excluding carboxylic acids is 2. The number of epoxide rings is 1. The van der Waals surface area contributed by atoms with Gasteiger partial charge in [-0.3, -0.25) is 4.79 Å². The van der Waals surface area contributed by atoms with Crippen molar-refractivity contribution in [3.63, 3.8) is 0 Å². The molecule has 3 aliphatic heterocycles. The van der Waals surface area contributed by atoms with Gasteiger partial charge in [0.1, 0.15) is 11.7 Å². The van der Waals surface area contributed by atoms with Crippen LogP contribution in [0.15, 0.2) is 0 Å². The highest BCUT2D eigenvalue weighted by molar-refractivity contribution is 5.90. The smallest absolute Gasteiger partial charge is 0.342 e. The minimum atomic E-state index is -1.27. The average Bonchev–Trinajstić information content (AvgIpc) is 2.95. The fourth-order valence-corrected chi connectivity index (χ4v) is 5.77. The van der Waals surface area contributed by atoms with E-state index in [-0.39, 0.29) is 29.9 Å². The van der Waals surface area contributed by atoms with Gasteiger partial charge in [0.2, 0.25) is 5.60 Å². The standard InChI is InChI=1S/C15H18O6/c1-5(2)14(18)8-6-4-7-15(21-7)12(17)20-9(13(6,15)3)10(14)19-11(8)16/h5-10,18H,4H2,1-3H3/t6-,7+,8-,9+,10+,13-,14+,15-/m0/s1. The molecule has 2 aliphatic carbocycles. The molecule has 1 spiro atoms. The van der Waals surface area contributed by atoms with Crippen molar-refractivity contribution in [2.75, 3.05) is 0 Å². The maximum Gasteiger partial charge on any atom is 0.342 e. The number of esters is 2. The minimum absolute atomic E-state index is 0.133. The molecule has 0 aromatic rings. The zero-order valence-corrected chi connectivity index (χ0v) is 12.2. The predicted octanol–water partition coefficient (Wildman–Crippen LogP) is 0.0179. The van der Waals surface area contributed by atoms with Crippen LogP contribution in [0.5, 0.6) is 0 Å². The lowest BCUT2D eigenvalue weighted by atomic mass is 9.53. The van der Waals surface area contributed by atoms with Gasteiger partial charge >= 0.3 is 11.9 Å². The Balaban J connectivity index is 1.74. The van der Waals surface area contributed by atoms with Gasteiger partial charge < -0.3 is 19.3 Å². The van der Waals surface area contributed by atoms with Gasteiger partial charge in [-0.2, -0.15) is 0 Å². The highest BCUT2D eigenvalue weighted by Crippen LogP contribution is 2.76. The number of hydrogen-bond acceptors (Lipinski definition) is 6. The van der Waals surface area contributed by atoms with Gasteiger partial charge in [0, 0.05) is 0 Å². The van der Waals surface area contributed by atoms with Crippen molar-refractivity contribution in [2.24, 2.45) is 23.2 Å². The van der Waals surface area contributed by atoms with Gasteiger partial charge in [-0.1, -0.05) is 20.8 Å². The van der Waals surface area contributed by atoms with Gasteiger partial charge in [0.25, 0.3) is 0 Å². The maximum atomic E-state index is 12.4. The van der Waals surface area contributed by atoms with E-state index in [4.69, 9.17) is 14.2 Å². The van der Waals surface area contributed by atoms with E-state index in [1.165, 1.54) is 0 Å². The second-order valence-electron chi connectivity index (χ2n) is 7.67. The number of fused-ring (bicyclic) bond motifs is 4. The quantitative estimate of drug-likeness (QED) is 0.542. The van der Waals surface area contributed by atoms with Crippen LogP contribution in [0.25, 0.3) is 0 Å². The molecule has 2 saturated carbocycles. The molecule has 2 bridgehead atoms. The zero-order valence-electron chi connectivity index (χ0n) is 12.2. The third kappa shape index (κ3) is 0.908. The molecule has 5 aliphatic rings. The van der Waals surface area contributed by atoms with Crippen molar-refractivity contribution in [3.05, 3.63) is 0 Å². The molecular weight excluding hydrogens is 276 g/mol. The SMILES string of the molecule is CC(C)[C@]1(O)[C@@H]2OC(=O)[C@@H]1[C@@H]1C[C@H]3O[C@]34C(=O)O[C@H]2[C@]14C. The van der Waals surface area contributed by atoms with E-state index < -0.39 is 34.7 Å². The molecule has 114 valence electrons. The van der Waals surface area contributed by atoms with Crippen LogP contribution >= 0.6 is 0 Å². The van der Waals surface area contributed by atoms with E-state index in [0.717, 1.165) is 0 Å². The molecule has 0 aromatic carbocycles. The summed E-state index contributed by atoms with van der Waals surface area (Å²) in [6, 6.07) is 0. The van der Waals surface area contributed by atoms with Crippen molar-refractivity contribution in [1.29, 1.82) is 0 Å². The van der Waals surface area contributed by atoms with E-state index in [1.54, 1.807) is 0 Å². The van der Waals surface area contributed by atoms with Gasteiger partial charge in [-0.15, -0.1) is 0 Å². The summed E-state index contributed by atoms with van der Waals surface area (Å²) in [5.41, 5.74) is -2.74. The Morgan fingerprint density at radius 2 is 1.95 bits per heavy atom. The molecule has 0 aromatic heterocycles. The first-order chi connectivity index (χ1) is 9.79. The summed E-state index contributed by atoms with van der Waals surface area (Å²) in [7, 11) is 0. The van der Waals surface area contributed by atoms with E-state index in [2.05, 4.69) is 0 Å². The third-order valence-electron chi connectivity index (χ3n) is 6.94. The van der Waals surface area contributed by atoms with E-state index >= 15 is 0 Å². The molecule has 0 amide bonds. The molecule has 6 nitrogen and oxygen atoms in total. The number of hydrogen-bond donors (Lipinski definition) is 1. The molecule has 5 fully saturated rings. The fourth-order valence-electron chi connectivity index (χ4n) is 5.77. The van der Waals surface area contributed by atoms with Crippen LogP contribution in [0.3, 0.4) is 0 Å². The highest BCUT2D eigenvalue weighted by Gasteiger charge is 2.92. The summed E-state index contributed by atoms with van der Waals surface area (Å²) in [5.74, 6) is -1.59. The van der Waals surface area contributed by atoms with Crippen LogP contribution in [-0.4, -0.2) is 46.6 Å². The Morgan fingerprint density at radius 3 is 2.62 bits per heavy atom. The van der Waals surface area contributed by atoms with E-state index in [9.17, 15) is 14.7 Å². The van der Waals surface area contributed by atoms with Crippen molar-refractivity contribution >= 4 is 11.9 Å². The third-order valence-corrected chi connectivity index (χ3v) is 6.94. The molecule has 3 heterocycles. The first kappa shape index (κ1) is 12.4. The normalized spacial score (nSPS) is 62.4. The average molecular weight is 294 g/mol. The lowest BCUT2D eigenvalue weighted by Gasteiger charge is -2.50. The summed E-state index contributed by atoms with van der Waals surface area (Å²) in [6.45, 7) is 5.72. The number of carbonyl (C=O) groups is 2. The van der Waals surface area contributed by atoms with Gasteiger partial charge in [0.05, 0.1) is 11.3 Å². The highest BCUT2D eigenvalue weighted by atomic mass is 16.7. The van der Waals surface area contributed by atoms with Crippen molar-refractivity contribution in [2.45, 2.75) is 56.7 Å². The molecule has 0 radical (unpaired) electrons. The molecule has 0 unspecified atom stereocenters. The summed E-state index contributed by atoms with van der Waals surface area (Å²) in [6.07, 6.45) is -0.961. The van der Waals surface area contributed by atoms with E-state index in [1.807, 2.05) is 20.8 Å². The monoisotopic (exact) mass is 294 g/mol.